The Kier molecular flexibility index (Phi) is 6.43. The van der Waals surface area contributed by atoms with Crippen LogP contribution in [-0.2, 0) is 16.6 Å². The van der Waals surface area contributed by atoms with E-state index < -0.39 is 15.9 Å². The number of carbonyl (C=O) groups excluding carboxylic acids is 1. The molecule has 1 aliphatic rings. The number of hydrogen-bond donors (Lipinski definition) is 2. The lowest BCUT2D eigenvalue weighted by Crippen LogP contribution is -2.28. The summed E-state index contributed by atoms with van der Waals surface area (Å²) in [6.07, 6.45) is 1.64. The molecule has 0 saturated carbocycles. The first-order valence-electron chi connectivity index (χ1n) is 10.4. The van der Waals surface area contributed by atoms with Crippen molar-refractivity contribution in [2.75, 3.05) is 18.4 Å². The summed E-state index contributed by atoms with van der Waals surface area (Å²) < 4.78 is 32.9. The highest BCUT2D eigenvalue weighted by atomic mass is 32.2. The Morgan fingerprint density at radius 1 is 0.969 bits per heavy atom. The number of hydrogen-bond acceptors (Lipinski definition) is 5. The molecule has 1 heterocycles. The SMILES string of the molecule is O=C(Nc1cc(S(=O)(=O)N2CCCC2)ccc1O)c1ccccc1COc1ccccc1. The van der Waals surface area contributed by atoms with E-state index >= 15 is 0 Å². The minimum Gasteiger partial charge on any atom is -0.506 e. The molecule has 0 spiro atoms. The maximum Gasteiger partial charge on any atom is 0.256 e. The highest BCUT2D eigenvalue weighted by Gasteiger charge is 2.28. The molecule has 8 heteroatoms. The molecule has 166 valence electrons. The van der Waals surface area contributed by atoms with Gasteiger partial charge in [-0.25, -0.2) is 8.42 Å². The fraction of sp³-hybridized carbons (Fsp3) is 0.208. The van der Waals surface area contributed by atoms with E-state index in [-0.39, 0.29) is 22.9 Å². The number of para-hydroxylation sites is 1. The predicted molar refractivity (Wildman–Crippen MR) is 121 cm³/mol. The maximum absolute atomic E-state index is 13.0. The summed E-state index contributed by atoms with van der Waals surface area (Å²) in [6.45, 7) is 1.13. The number of nitrogens with one attached hydrogen (secondary N) is 1. The third kappa shape index (κ3) is 4.76. The normalized spacial score (nSPS) is 14.2. The first kappa shape index (κ1) is 21.9. The summed E-state index contributed by atoms with van der Waals surface area (Å²) in [4.78, 5) is 13.0. The summed E-state index contributed by atoms with van der Waals surface area (Å²) in [7, 11) is -3.67. The number of aromatic hydroxyl groups is 1. The molecule has 1 fully saturated rings. The average Bonchev–Trinajstić information content (AvgIpc) is 3.36. The molecule has 0 aromatic heterocycles. The van der Waals surface area contributed by atoms with Crippen LogP contribution in [-0.4, -0.2) is 36.8 Å². The monoisotopic (exact) mass is 452 g/mol. The molecule has 3 aromatic carbocycles. The minimum atomic E-state index is -3.67. The van der Waals surface area contributed by atoms with Gasteiger partial charge in [0.15, 0.2) is 0 Å². The van der Waals surface area contributed by atoms with E-state index in [2.05, 4.69) is 5.32 Å². The zero-order chi connectivity index (χ0) is 22.6. The van der Waals surface area contributed by atoms with Gasteiger partial charge in [-0.05, 0) is 49.2 Å². The Morgan fingerprint density at radius 3 is 2.41 bits per heavy atom. The van der Waals surface area contributed by atoms with Crippen LogP contribution in [0.1, 0.15) is 28.8 Å². The van der Waals surface area contributed by atoms with Crippen LogP contribution in [0.5, 0.6) is 11.5 Å². The van der Waals surface area contributed by atoms with Gasteiger partial charge in [0.1, 0.15) is 18.1 Å². The number of anilines is 1. The van der Waals surface area contributed by atoms with Gasteiger partial charge in [0, 0.05) is 24.2 Å². The first-order chi connectivity index (χ1) is 15.4. The predicted octanol–water partition coefficient (Wildman–Crippen LogP) is 4.01. The second-order valence-corrected chi connectivity index (χ2v) is 9.44. The fourth-order valence-corrected chi connectivity index (χ4v) is 5.13. The number of rotatable bonds is 7. The van der Waals surface area contributed by atoms with E-state index in [4.69, 9.17) is 4.74 Å². The van der Waals surface area contributed by atoms with Crippen molar-refractivity contribution < 1.29 is 23.1 Å². The molecule has 0 radical (unpaired) electrons. The average molecular weight is 453 g/mol. The van der Waals surface area contributed by atoms with Crippen molar-refractivity contribution in [3.63, 3.8) is 0 Å². The number of benzene rings is 3. The molecule has 7 nitrogen and oxygen atoms in total. The van der Waals surface area contributed by atoms with Crippen molar-refractivity contribution >= 4 is 21.6 Å². The summed E-state index contributed by atoms with van der Waals surface area (Å²) >= 11 is 0. The van der Waals surface area contributed by atoms with Crippen LogP contribution in [0.3, 0.4) is 0 Å². The number of phenolic OH excluding ortho intramolecular Hbond substituents is 1. The molecule has 1 amide bonds. The van der Waals surface area contributed by atoms with Gasteiger partial charge in [0.2, 0.25) is 10.0 Å². The number of ether oxygens (including phenoxy) is 1. The zero-order valence-electron chi connectivity index (χ0n) is 17.4. The van der Waals surface area contributed by atoms with E-state index in [9.17, 15) is 18.3 Å². The summed E-state index contributed by atoms with van der Waals surface area (Å²) in [5.74, 6) is 0.000182. The van der Waals surface area contributed by atoms with Crippen molar-refractivity contribution in [2.45, 2.75) is 24.3 Å². The summed E-state index contributed by atoms with van der Waals surface area (Å²) in [6, 6.07) is 20.2. The Balaban J connectivity index is 1.54. The Labute approximate surface area is 187 Å². The van der Waals surface area contributed by atoms with E-state index in [1.807, 2.05) is 30.3 Å². The van der Waals surface area contributed by atoms with Crippen LogP contribution in [0.15, 0.2) is 77.7 Å². The summed E-state index contributed by atoms with van der Waals surface area (Å²) in [5, 5.41) is 12.9. The molecule has 2 N–H and O–H groups in total. The molecule has 1 aliphatic heterocycles. The molecule has 0 atom stereocenters. The van der Waals surface area contributed by atoms with Crippen molar-refractivity contribution in [3.8, 4) is 11.5 Å². The van der Waals surface area contributed by atoms with Gasteiger partial charge >= 0.3 is 0 Å². The molecule has 32 heavy (non-hydrogen) atoms. The first-order valence-corrected chi connectivity index (χ1v) is 11.8. The number of nitrogens with zero attached hydrogens (tertiary/aromatic N) is 1. The highest BCUT2D eigenvalue weighted by Crippen LogP contribution is 2.30. The molecule has 3 aromatic rings. The van der Waals surface area contributed by atoms with Gasteiger partial charge in [-0.2, -0.15) is 4.31 Å². The quantitative estimate of drug-likeness (QED) is 0.528. The van der Waals surface area contributed by atoms with Crippen LogP contribution in [0.25, 0.3) is 0 Å². The lowest BCUT2D eigenvalue weighted by atomic mass is 10.1. The number of amides is 1. The third-order valence-corrected chi connectivity index (χ3v) is 7.21. The lowest BCUT2D eigenvalue weighted by molar-refractivity contribution is 0.102. The van der Waals surface area contributed by atoms with E-state index in [0.29, 0.717) is 30.0 Å². The minimum absolute atomic E-state index is 0.0354. The van der Waals surface area contributed by atoms with Crippen LogP contribution in [0, 0.1) is 0 Å². The van der Waals surface area contributed by atoms with Crippen molar-refractivity contribution in [3.05, 3.63) is 83.9 Å². The Hall–Kier alpha value is -3.36. The molecule has 0 aliphatic carbocycles. The smallest absolute Gasteiger partial charge is 0.256 e. The lowest BCUT2D eigenvalue weighted by Gasteiger charge is -2.17. The number of sulfonamides is 1. The van der Waals surface area contributed by atoms with E-state index in [1.165, 1.54) is 22.5 Å². The number of carbonyl (C=O) groups is 1. The van der Waals surface area contributed by atoms with Gasteiger partial charge in [0.05, 0.1) is 10.6 Å². The van der Waals surface area contributed by atoms with Gasteiger partial charge in [-0.1, -0.05) is 36.4 Å². The molecule has 0 bridgehead atoms. The molecular formula is C24H24N2O5S. The highest BCUT2D eigenvalue weighted by molar-refractivity contribution is 7.89. The second-order valence-electron chi connectivity index (χ2n) is 7.50. The van der Waals surface area contributed by atoms with Crippen molar-refractivity contribution in [2.24, 2.45) is 0 Å². The van der Waals surface area contributed by atoms with Crippen LogP contribution in [0.2, 0.25) is 0 Å². The van der Waals surface area contributed by atoms with Gasteiger partial charge in [-0.3, -0.25) is 4.79 Å². The largest absolute Gasteiger partial charge is 0.506 e. The van der Waals surface area contributed by atoms with E-state index in [0.717, 1.165) is 12.8 Å². The zero-order valence-corrected chi connectivity index (χ0v) is 18.2. The van der Waals surface area contributed by atoms with Crippen molar-refractivity contribution in [1.29, 1.82) is 0 Å². The number of phenols is 1. The van der Waals surface area contributed by atoms with Crippen LogP contribution in [0.4, 0.5) is 5.69 Å². The van der Waals surface area contributed by atoms with Crippen LogP contribution >= 0.6 is 0 Å². The van der Waals surface area contributed by atoms with Gasteiger partial charge in [-0.15, -0.1) is 0 Å². The Morgan fingerprint density at radius 2 is 1.66 bits per heavy atom. The molecule has 1 saturated heterocycles. The van der Waals surface area contributed by atoms with E-state index in [1.54, 1.807) is 24.3 Å². The standard InChI is InChI=1S/C24H24N2O5S/c27-23-13-12-20(32(29,30)26-14-6-7-15-26)16-22(23)25-24(28)21-11-5-4-8-18(21)17-31-19-9-2-1-3-10-19/h1-5,8-13,16,27H,6-7,14-15,17H2,(H,25,28). The van der Waals surface area contributed by atoms with Crippen molar-refractivity contribution in [1.82, 2.24) is 4.31 Å². The van der Waals surface area contributed by atoms with Gasteiger partial charge in [0.25, 0.3) is 5.91 Å². The fourth-order valence-electron chi connectivity index (χ4n) is 3.59. The molecule has 4 rings (SSSR count). The Bertz CT molecular complexity index is 1210. The van der Waals surface area contributed by atoms with Gasteiger partial charge < -0.3 is 15.2 Å². The van der Waals surface area contributed by atoms with Crippen LogP contribution < -0.4 is 10.1 Å². The third-order valence-electron chi connectivity index (χ3n) is 5.32. The topological polar surface area (TPSA) is 95.9 Å². The maximum atomic E-state index is 13.0. The molecular weight excluding hydrogens is 428 g/mol. The second kappa shape index (κ2) is 9.42. The molecule has 0 unspecified atom stereocenters. The summed E-state index contributed by atoms with van der Waals surface area (Å²) in [5.41, 5.74) is 1.07.